The molecule has 2 heterocycles. The van der Waals surface area contributed by atoms with E-state index < -0.39 is 0 Å². The number of pyridine rings is 1. The van der Waals surface area contributed by atoms with Crippen molar-refractivity contribution in [2.75, 3.05) is 25.6 Å². The van der Waals surface area contributed by atoms with E-state index >= 15 is 0 Å². The number of anilines is 1. The van der Waals surface area contributed by atoms with E-state index in [2.05, 4.69) is 23.3 Å². The average molecular weight is 452 g/mol. The van der Waals surface area contributed by atoms with E-state index in [-0.39, 0.29) is 11.7 Å². The number of ether oxygens (including phenoxy) is 2. The molecule has 2 N–H and O–H groups in total. The van der Waals surface area contributed by atoms with Crippen LogP contribution in [0.3, 0.4) is 0 Å². The van der Waals surface area contributed by atoms with E-state index in [0.717, 1.165) is 47.2 Å². The topological polar surface area (TPSA) is 66.6 Å². The average Bonchev–Trinajstić information content (AvgIpc) is 3.30. The van der Waals surface area contributed by atoms with Crippen molar-refractivity contribution in [3.05, 3.63) is 69.5 Å². The van der Waals surface area contributed by atoms with Crippen molar-refractivity contribution >= 4 is 33.9 Å². The van der Waals surface area contributed by atoms with Gasteiger partial charge in [-0.1, -0.05) is 24.3 Å². The lowest BCUT2D eigenvalue weighted by Crippen LogP contribution is -2.40. The van der Waals surface area contributed by atoms with Gasteiger partial charge in [0.25, 0.3) is 5.56 Å². The number of H-pyrrole nitrogens is 1. The summed E-state index contributed by atoms with van der Waals surface area (Å²) >= 11 is 5.78. The predicted octanol–water partition coefficient (Wildman–Crippen LogP) is 4.53. The minimum absolute atomic E-state index is 0.0935. The summed E-state index contributed by atoms with van der Waals surface area (Å²) < 4.78 is 11.3. The van der Waals surface area contributed by atoms with Crippen molar-refractivity contribution < 1.29 is 9.47 Å². The number of thiocarbonyl (C=S) groups is 1. The molecule has 0 amide bonds. The van der Waals surface area contributed by atoms with E-state index in [1.807, 2.05) is 48.2 Å². The van der Waals surface area contributed by atoms with Gasteiger partial charge >= 0.3 is 0 Å². The third-order valence-corrected chi connectivity index (χ3v) is 6.33. The van der Waals surface area contributed by atoms with Crippen LogP contribution >= 0.6 is 12.2 Å². The number of rotatable bonds is 6. The smallest absolute Gasteiger partial charge is 0.253 e. The number of aromatic amines is 1. The first-order chi connectivity index (χ1) is 15.5. The first-order valence-electron chi connectivity index (χ1n) is 10.9. The second-order valence-corrected chi connectivity index (χ2v) is 8.64. The highest BCUT2D eigenvalue weighted by atomic mass is 32.1. The second kappa shape index (κ2) is 9.71. The summed E-state index contributed by atoms with van der Waals surface area (Å²) in [6.45, 7) is 5.83. The molecule has 1 aliphatic rings. The molecule has 0 radical (unpaired) electrons. The molecule has 1 fully saturated rings. The number of aromatic nitrogens is 1. The zero-order valence-electron chi connectivity index (χ0n) is 18.7. The molecule has 2 aromatic carbocycles. The van der Waals surface area contributed by atoms with Crippen molar-refractivity contribution in [2.24, 2.45) is 0 Å². The van der Waals surface area contributed by atoms with Gasteiger partial charge in [0.2, 0.25) is 0 Å². The quantitative estimate of drug-likeness (QED) is 0.537. The van der Waals surface area contributed by atoms with Gasteiger partial charge in [0.1, 0.15) is 5.75 Å². The number of benzene rings is 2. The Labute approximate surface area is 193 Å². The van der Waals surface area contributed by atoms with Gasteiger partial charge in [0.05, 0.1) is 31.0 Å². The summed E-state index contributed by atoms with van der Waals surface area (Å²) in [7, 11) is 1.63. The van der Waals surface area contributed by atoms with Crippen LogP contribution in [-0.4, -0.2) is 41.4 Å². The first-order valence-corrected chi connectivity index (χ1v) is 11.3. The summed E-state index contributed by atoms with van der Waals surface area (Å²) in [6.07, 6.45) is 2.12. The van der Waals surface area contributed by atoms with Gasteiger partial charge in [-0.15, -0.1) is 0 Å². The molecule has 6 nitrogen and oxygen atoms in total. The minimum Gasteiger partial charge on any atom is -0.495 e. The Morgan fingerprint density at radius 3 is 2.78 bits per heavy atom. The zero-order chi connectivity index (χ0) is 22.7. The maximum absolute atomic E-state index is 13.0. The van der Waals surface area contributed by atoms with Crippen molar-refractivity contribution in [3.8, 4) is 5.75 Å². The fraction of sp³-hybridized carbons (Fsp3) is 0.360. The van der Waals surface area contributed by atoms with Crippen LogP contribution in [0, 0.1) is 13.8 Å². The lowest BCUT2D eigenvalue weighted by molar-refractivity contribution is 0.0904. The Morgan fingerprint density at radius 2 is 2.03 bits per heavy atom. The number of para-hydroxylation sites is 2. The molecule has 1 aromatic heterocycles. The van der Waals surface area contributed by atoms with Crippen LogP contribution in [0.4, 0.5) is 5.69 Å². The van der Waals surface area contributed by atoms with Crippen LogP contribution in [0.5, 0.6) is 5.75 Å². The molecular weight excluding hydrogens is 422 g/mol. The molecule has 0 bridgehead atoms. The minimum atomic E-state index is -0.0939. The first kappa shape index (κ1) is 22.3. The molecule has 0 unspecified atom stereocenters. The Morgan fingerprint density at radius 1 is 1.25 bits per heavy atom. The molecule has 168 valence electrons. The number of nitrogens with one attached hydrogen (secondary N) is 2. The Hall–Kier alpha value is -2.90. The summed E-state index contributed by atoms with van der Waals surface area (Å²) in [4.78, 5) is 18.0. The third kappa shape index (κ3) is 4.79. The fourth-order valence-corrected chi connectivity index (χ4v) is 4.39. The summed E-state index contributed by atoms with van der Waals surface area (Å²) in [5.41, 5.74) is 4.44. The highest BCUT2D eigenvalue weighted by Crippen LogP contribution is 2.25. The molecule has 1 aliphatic heterocycles. The predicted molar refractivity (Wildman–Crippen MR) is 133 cm³/mol. The monoisotopic (exact) mass is 451 g/mol. The Balaban J connectivity index is 1.65. The van der Waals surface area contributed by atoms with Gasteiger partial charge < -0.3 is 24.7 Å². The second-order valence-electron chi connectivity index (χ2n) is 8.26. The molecule has 1 saturated heterocycles. The van der Waals surface area contributed by atoms with E-state index in [4.69, 9.17) is 21.7 Å². The Kier molecular flexibility index (Phi) is 6.77. The van der Waals surface area contributed by atoms with Gasteiger partial charge in [-0.3, -0.25) is 4.79 Å². The van der Waals surface area contributed by atoms with Crippen LogP contribution in [0.2, 0.25) is 0 Å². The van der Waals surface area contributed by atoms with Crippen LogP contribution in [0.15, 0.2) is 47.3 Å². The summed E-state index contributed by atoms with van der Waals surface area (Å²) in [5.74, 6) is 0.710. The number of nitrogens with zero attached hydrogens (tertiary/aromatic N) is 1. The largest absolute Gasteiger partial charge is 0.495 e. The highest BCUT2D eigenvalue weighted by molar-refractivity contribution is 7.80. The zero-order valence-corrected chi connectivity index (χ0v) is 19.6. The fourth-order valence-electron chi connectivity index (χ4n) is 4.14. The molecule has 3 aromatic rings. The van der Waals surface area contributed by atoms with Gasteiger partial charge in [0.15, 0.2) is 5.11 Å². The Bertz CT molecular complexity index is 1180. The van der Waals surface area contributed by atoms with Gasteiger partial charge in [-0.2, -0.15) is 0 Å². The van der Waals surface area contributed by atoms with Crippen molar-refractivity contribution in [1.82, 2.24) is 9.88 Å². The maximum atomic E-state index is 13.0. The molecule has 4 rings (SSSR count). The third-order valence-electron chi connectivity index (χ3n) is 5.97. The molecule has 7 heteroatoms. The molecule has 0 saturated carbocycles. The number of methoxy groups -OCH3 is 1. The van der Waals surface area contributed by atoms with Crippen LogP contribution in [-0.2, 0) is 11.3 Å². The molecule has 0 aliphatic carbocycles. The lowest BCUT2D eigenvalue weighted by atomic mass is 10.0. The molecule has 1 atom stereocenters. The van der Waals surface area contributed by atoms with Gasteiger partial charge in [-0.25, -0.2) is 0 Å². The van der Waals surface area contributed by atoms with Crippen molar-refractivity contribution in [3.63, 3.8) is 0 Å². The SMILES string of the molecule is COc1ccccc1NC(=S)N(Cc1cc2c(C)ccc(C)c2[nH]c1=O)C[C@@H]1CCCO1. The molecular formula is C25H29N3O3S. The van der Waals surface area contributed by atoms with E-state index in [1.54, 1.807) is 7.11 Å². The summed E-state index contributed by atoms with van der Waals surface area (Å²) in [5, 5.41) is 4.89. The maximum Gasteiger partial charge on any atom is 0.253 e. The lowest BCUT2D eigenvalue weighted by Gasteiger charge is -2.28. The number of hydrogen-bond donors (Lipinski definition) is 2. The molecule has 0 spiro atoms. The van der Waals surface area contributed by atoms with Gasteiger partial charge in [-0.05, 0) is 68.2 Å². The standard InChI is InChI=1S/C25H29N3O3S/c1-16-10-11-17(2)23-20(16)13-18(24(29)27-23)14-28(15-19-7-6-12-31-19)25(32)26-21-8-4-5-9-22(21)30-3/h4-5,8-11,13,19H,6-7,12,14-15H2,1-3H3,(H,26,32)(H,27,29)/t19-/m0/s1. The van der Waals surface area contributed by atoms with Crippen molar-refractivity contribution in [1.29, 1.82) is 0 Å². The van der Waals surface area contributed by atoms with E-state index in [0.29, 0.717) is 29.5 Å². The highest BCUT2D eigenvalue weighted by Gasteiger charge is 2.23. The number of hydrogen-bond acceptors (Lipinski definition) is 4. The van der Waals surface area contributed by atoms with Crippen LogP contribution < -0.4 is 15.6 Å². The number of fused-ring (bicyclic) bond motifs is 1. The molecule has 32 heavy (non-hydrogen) atoms. The van der Waals surface area contributed by atoms with E-state index in [9.17, 15) is 4.79 Å². The van der Waals surface area contributed by atoms with Gasteiger partial charge in [0, 0.05) is 24.1 Å². The normalized spacial score (nSPS) is 15.7. The van der Waals surface area contributed by atoms with E-state index in [1.165, 1.54) is 0 Å². The summed E-state index contributed by atoms with van der Waals surface area (Å²) in [6, 6.07) is 13.7. The number of aryl methyl sites for hydroxylation is 2. The van der Waals surface area contributed by atoms with Crippen molar-refractivity contribution in [2.45, 2.75) is 39.3 Å². The van der Waals surface area contributed by atoms with Crippen LogP contribution in [0.1, 0.15) is 29.5 Å². The van der Waals surface area contributed by atoms with Crippen LogP contribution in [0.25, 0.3) is 10.9 Å².